The van der Waals surface area contributed by atoms with Crippen LogP contribution < -0.4 is 4.74 Å². The van der Waals surface area contributed by atoms with Crippen molar-refractivity contribution in [3.63, 3.8) is 0 Å². The summed E-state index contributed by atoms with van der Waals surface area (Å²) in [5, 5.41) is 11.1. The molecule has 20 heavy (non-hydrogen) atoms. The van der Waals surface area contributed by atoms with Gasteiger partial charge in [-0.1, -0.05) is 18.2 Å². The smallest absolute Gasteiger partial charge is 0.312 e. The van der Waals surface area contributed by atoms with E-state index in [0.29, 0.717) is 5.56 Å². The van der Waals surface area contributed by atoms with E-state index in [2.05, 4.69) is 4.74 Å². The number of nitrogens with zero attached hydrogens (tertiary/aromatic N) is 1. The number of ether oxygens (including phenoxy) is 2. The maximum absolute atomic E-state index is 11.5. The van der Waals surface area contributed by atoms with Gasteiger partial charge in [-0.2, -0.15) is 0 Å². The van der Waals surface area contributed by atoms with Crippen LogP contribution in [0.2, 0.25) is 0 Å². The second-order valence-corrected chi connectivity index (χ2v) is 4.11. The third-order valence-corrected chi connectivity index (χ3v) is 2.81. The maximum Gasteiger partial charge on any atom is 0.312 e. The summed E-state index contributed by atoms with van der Waals surface area (Å²) in [6, 6.07) is 4.46. The highest BCUT2D eigenvalue weighted by Crippen LogP contribution is 2.31. The monoisotopic (exact) mass is 279 g/mol. The number of carbonyl (C=O) groups excluding carboxylic acids is 1. The van der Waals surface area contributed by atoms with Crippen molar-refractivity contribution in [1.29, 1.82) is 0 Å². The summed E-state index contributed by atoms with van der Waals surface area (Å²) in [6.07, 6.45) is 3.54. The molecule has 1 aromatic carbocycles. The number of hydrogen-bond acceptors (Lipinski definition) is 5. The van der Waals surface area contributed by atoms with Crippen molar-refractivity contribution in [2.24, 2.45) is 0 Å². The van der Waals surface area contributed by atoms with Crippen molar-refractivity contribution in [2.75, 3.05) is 13.7 Å². The van der Waals surface area contributed by atoms with Crippen LogP contribution in [0.15, 0.2) is 30.4 Å². The number of methoxy groups -OCH3 is 1. The molecule has 6 heteroatoms. The molecule has 0 radical (unpaired) electrons. The third-order valence-electron chi connectivity index (χ3n) is 2.81. The van der Waals surface area contributed by atoms with Gasteiger partial charge >= 0.3 is 11.7 Å². The van der Waals surface area contributed by atoms with Crippen molar-refractivity contribution in [1.82, 2.24) is 0 Å². The molecule has 1 unspecified atom stereocenters. The van der Waals surface area contributed by atoms with Crippen LogP contribution in [0.4, 0.5) is 5.69 Å². The van der Waals surface area contributed by atoms with Gasteiger partial charge in [0, 0.05) is 6.07 Å². The number of nitro groups is 1. The molecule has 1 rings (SSSR count). The lowest BCUT2D eigenvalue weighted by Gasteiger charge is -2.11. The van der Waals surface area contributed by atoms with Crippen LogP contribution in [0.25, 0.3) is 0 Å². The minimum absolute atomic E-state index is 0.164. The van der Waals surface area contributed by atoms with Crippen molar-refractivity contribution in [3.8, 4) is 5.75 Å². The maximum atomic E-state index is 11.5. The number of hydrogen-bond donors (Lipinski definition) is 0. The van der Waals surface area contributed by atoms with Crippen LogP contribution in [0, 0.1) is 10.1 Å². The average molecular weight is 279 g/mol. The highest BCUT2D eigenvalue weighted by atomic mass is 16.6. The van der Waals surface area contributed by atoms with Gasteiger partial charge in [0.05, 0.1) is 18.0 Å². The lowest BCUT2D eigenvalue weighted by Crippen LogP contribution is -2.11. The molecule has 0 heterocycles. The van der Waals surface area contributed by atoms with E-state index < -0.39 is 16.8 Å². The number of carbonyl (C=O) groups is 1. The summed E-state index contributed by atoms with van der Waals surface area (Å²) in [5.74, 6) is -0.834. The molecule has 0 aliphatic rings. The zero-order valence-electron chi connectivity index (χ0n) is 11.7. The number of nitro benzene ring substituents is 1. The first-order valence-corrected chi connectivity index (χ1v) is 6.11. The van der Waals surface area contributed by atoms with Crippen molar-refractivity contribution in [3.05, 3.63) is 46.0 Å². The molecule has 0 N–H and O–H groups in total. The Bertz CT molecular complexity index is 524. The predicted octanol–water partition coefficient (Wildman–Crippen LogP) is 2.83. The first-order valence-electron chi connectivity index (χ1n) is 6.11. The summed E-state index contributed by atoms with van der Waals surface area (Å²) >= 11 is 0. The molecule has 0 amide bonds. The van der Waals surface area contributed by atoms with Crippen LogP contribution in [0.1, 0.15) is 25.3 Å². The Balaban J connectivity index is 3.06. The molecule has 0 aromatic heterocycles. The van der Waals surface area contributed by atoms with Crippen LogP contribution >= 0.6 is 0 Å². The van der Waals surface area contributed by atoms with Crippen molar-refractivity contribution in [2.45, 2.75) is 19.8 Å². The van der Waals surface area contributed by atoms with Crippen LogP contribution in [0.5, 0.6) is 5.75 Å². The first kappa shape index (κ1) is 15.7. The highest BCUT2D eigenvalue weighted by Gasteiger charge is 2.21. The lowest BCUT2D eigenvalue weighted by molar-refractivity contribution is -0.385. The van der Waals surface area contributed by atoms with Crippen LogP contribution in [-0.4, -0.2) is 24.6 Å². The quantitative estimate of drug-likeness (QED) is 0.346. The Labute approximate surface area is 117 Å². The largest absolute Gasteiger partial charge is 0.483 e. The number of rotatable bonds is 6. The second-order valence-electron chi connectivity index (χ2n) is 4.11. The van der Waals surface area contributed by atoms with Gasteiger partial charge in [-0.05, 0) is 25.5 Å². The first-order chi connectivity index (χ1) is 9.51. The van der Waals surface area contributed by atoms with Crippen molar-refractivity contribution < 1.29 is 19.2 Å². The number of esters is 1. The zero-order valence-corrected chi connectivity index (χ0v) is 11.7. The molecule has 1 atom stereocenters. The molecule has 6 nitrogen and oxygen atoms in total. The molecule has 0 bridgehead atoms. The van der Waals surface area contributed by atoms with Crippen LogP contribution in [-0.2, 0) is 9.53 Å². The molecule has 0 aliphatic heterocycles. The van der Waals surface area contributed by atoms with E-state index in [9.17, 15) is 14.9 Å². The van der Waals surface area contributed by atoms with Gasteiger partial charge in [-0.25, -0.2) is 0 Å². The van der Waals surface area contributed by atoms with Gasteiger partial charge in [-0.15, -0.1) is 0 Å². The Morgan fingerprint density at radius 3 is 2.75 bits per heavy atom. The summed E-state index contributed by atoms with van der Waals surface area (Å²) in [7, 11) is 1.28. The van der Waals surface area contributed by atoms with Gasteiger partial charge in [0.15, 0.2) is 5.75 Å². The molecule has 1 aromatic rings. The predicted molar refractivity (Wildman–Crippen MR) is 73.8 cm³/mol. The fraction of sp³-hybridized carbons (Fsp3) is 0.357. The van der Waals surface area contributed by atoms with Crippen molar-refractivity contribution >= 4 is 11.7 Å². The van der Waals surface area contributed by atoms with Gasteiger partial charge in [-0.3, -0.25) is 14.9 Å². The standard InChI is InChI=1S/C14H17NO5/c1-4-5-8-20-13-7-6-11(9-12(13)15(17)18)10(2)14(16)19-3/h4-7,9-10H,8H2,1-3H3. The second kappa shape index (κ2) is 7.28. The van der Waals surface area contributed by atoms with E-state index in [-0.39, 0.29) is 18.0 Å². The fourth-order valence-corrected chi connectivity index (χ4v) is 1.62. The molecule has 0 saturated carbocycles. The zero-order chi connectivity index (χ0) is 15.1. The summed E-state index contributed by atoms with van der Waals surface area (Å²) < 4.78 is 9.94. The molecular formula is C14H17NO5. The molecular weight excluding hydrogens is 262 g/mol. The van der Waals surface area contributed by atoms with Gasteiger partial charge in [0.25, 0.3) is 0 Å². The molecule has 0 fully saturated rings. The fourth-order valence-electron chi connectivity index (χ4n) is 1.62. The van der Waals surface area contributed by atoms with Gasteiger partial charge < -0.3 is 9.47 Å². The number of benzene rings is 1. The average Bonchev–Trinajstić information content (AvgIpc) is 2.46. The van der Waals surface area contributed by atoms with Crippen LogP contribution in [0.3, 0.4) is 0 Å². The Kier molecular flexibility index (Phi) is 5.71. The SMILES string of the molecule is CC=CCOc1ccc(C(C)C(=O)OC)cc1[N+](=O)[O-]. The van der Waals surface area contributed by atoms with E-state index in [1.165, 1.54) is 19.2 Å². The summed E-state index contributed by atoms with van der Waals surface area (Å²) in [5.41, 5.74) is 0.352. The molecule has 0 saturated heterocycles. The Morgan fingerprint density at radius 2 is 2.20 bits per heavy atom. The highest BCUT2D eigenvalue weighted by molar-refractivity contribution is 5.78. The third kappa shape index (κ3) is 3.81. The number of allylic oxidation sites excluding steroid dienone is 1. The van der Waals surface area contributed by atoms with E-state index >= 15 is 0 Å². The van der Waals surface area contributed by atoms with E-state index in [0.717, 1.165) is 0 Å². The Morgan fingerprint density at radius 1 is 1.50 bits per heavy atom. The van der Waals surface area contributed by atoms with E-state index in [4.69, 9.17) is 4.74 Å². The summed E-state index contributed by atoms with van der Waals surface area (Å²) in [4.78, 5) is 22.0. The van der Waals surface area contributed by atoms with Gasteiger partial charge in [0.1, 0.15) is 6.61 Å². The van der Waals surface area contributed by atoms with E-state index in [1.54, 1.807) is 25.1 Å². The Hall–Kier alpha value is -2.37. The minimum atomic E-state index is -0.566. The van der Waals surface area contributed by atoms with E-state index in [1.807, 2.05) is 6.92 Å². The molecule has 108 valence electrons. The minimum Gasteiger partial charge on any atom is -0.483 e. The molecule has 0 spiro atoms. The normalized spacial score (nSPS) is 12.2. The lowest BCUT2D eigenvalue weighted by atomic mass is 10.0. The van der Waals surface area contributed by atoms with Gasteiger partial charge in [0.2, 0.25) is 0 Å². The topological polar surface area (TPSA) is 78.7 Å². The molecule has 0 aliphatic carbocycles. The summed E-state index contributed by atoms with van der Waals surface area (Å²) in [6.45, 7) is 3.72.